The van der Waals surface area contributed by atoms with Crippen LogP contribution in [0.15, 0.2) is 188 Å². The summed E-state index contributed by atoms with van der Waals surface area (Å²) in [5.74, 6) is 1.06. The largest absolute Gasteiger partial charge is 0.509 e. The molecule has 1 aliphatic heterocycles. The Labute approximate surface area is 510 Å². The van der Waals surface area contributed by atoms with Gasteiger partial charge < -0.3 is 28.2 Å². The van der Waals surface area contributed by atoms with Gasteiger partial charge in [0.25, 0.3) is 0 Å². The predicted octanol–water partition coefficient (Wildman–Crippen LogP) is 19.5. The molecule has 0 bridgehead atoms. The van der Waals surface area contributed by atoms with Crippen molar-refractivity contribution < 1.29 is 40.9 Å². The number of nitrogens with zero attached hydrogens (tertiary/aromatic N) is 6. The van der Waals surface area contributed by atoms with Crippen molar-refractivity contribution in [3.05, 3.63) is 224 Å². The number of aromatic nitrogens is 4. The number of fused-ring (bicyclic) bond motifs is 10. The number of aryl methyl sites for hydroxylation is 2. The molecule has 0 atom stereocenters. The van der Waals surface area contributed by atoms with E-state index in [9.17, 15) is 11.0 Å². The molecule has 5 heterocycles. The number of rotatable bonds is 7. The molecule has 0 aliphatic carbocycles. The minimum atomic E-state index is -2.79. The summed E-state index contributed by atoms with van der Waals surface area (Å²) in [5.41, 5.74) is 9.05. The summed E-state index contributed by atoms with van der Waals surface area (Å²) >= 11 is 0. The maximum atomic E-state index is 9.35. The minimum Gasteiger partial charge on any atom is -0.509 e. The van der Waals surface area contributed by atoms with E-state index in [2.05, 4.69) is 103 Å². The fourth-order valence-corrected chi connectivity index (χ4v) is 11.9. The summed E-state index contributed by atoms with van der Waals surface area (Å²) in [6, 6.07) is 53.2. The molecule has 0 fully saturated rings. The first-order valence-electron chi connectivity index (χ1n) is 32.9. The van der Waals surface area contributed by atoms with Crippen molar-refractivity contribution in [1.82, 2.24) is 18.7 Å². The third-order valence-electron chi connectivity index (χ3n) is 16.0. The molecule has 14 rings (SSSR count). The summed E-state index contributed by atoms with van der Waals surface area (Å²) in [5, 5.41) is 4.43. The Balaban J connectivity index is 0.00000787. The summed E-state index contributed by atoms with van der Waals surface area (Å²) in [7, 11) is 0. The van der Waals surface area contributed by atoms with Crippen LogP contribution in [-0.2, 0) is 51.3 Å². The quantitative estimate of drug-likeness (QED) is 0.149. The van der Waals surface area contributed by atoms with Crippen molar-refractivity contribution in [2.45, 2.75) is 78.6 Å². The number of para-hydroxylation sites is 3. The Morgan fingerprint density at radius 1 is 0.512 bits per heavy atom. The molecule has 1 aliphatic rings. The van der Waals surface area contributed by atoms with Crippen LogP contribution in [0, 0.1) is 18.8 Å². The van der Waals surface area contributed by atoms with Crippen LogP contribution in [0.1, 0.15) is 94.1 Å². The average Bonchev–Trinajstić information content (AvgIpc) is 1.53. The van der Waals surface area contributed by atoms with Crippen LogP contribution in [0.5, 0.6) is 11.5 Å². The van der Waals surface area contributed by atoms with Gasteiger partial charge in [0.2, 0.25) is 0 Å². The van der Waals surface area contributed by atoms with E-state index in [1.54, 1.807) is 18.8 Å². The van der Waals surface area contributed by atoms with E-state index in [0.29, 0.717) is 61.0 Å². The summed E-state index contributed by atoms with van der Waals surface area (Å²) in [6.07, 6.45) is 1.93. The Kier molecular flexibility index (Phi) is 9.83. The number of hydrogen-bond acceptors (Lipinski definition) is 4. The van der Waals surface area contributed by atoms with Gasteiger partial charge in [0.15, 0.2) is 0 Å². The average molecular weight is 1260 g/mol. The predicted molar refractivity (Wildman–Crippen MR) is 339 cm³/mol. The number of benzene rings is 9. The van der Waals surface area contributed by atoms with Gasteiger partial charge in [0.05, 0.1) is 23.6 Å². The van der Waals surface area contributed by atoms with Gasteiger partial charge in [0.1, 0.15) is 5.82 Å². The second-order valence-electron chi connectivity index (χ2n) is 24.4. The van der Waals surface area contributed by atoms with Crippen molar-refractivity contribution >= 4 is 88.2 Å². The number of pyridine rings is 1. The molecule has 13 aromatic rings. The first-order valence-corrected chi connectivity index (χ1v) is 27.4. The third kappa shape index (κ3) is 8.61. The molecular weight excluding hydrogens is 1180 g/mol. The van der Waals surface area contributed by atoms with E-state index in [0.717, 1.165) is 44.1 Å². The fourth-order valence-electron chi connectivity index (χ4n) is 11.9. The van der Waals surface area contributed by atoms with Crippen molar-refractivity contribution in [3.8, 4) is 39.6 Å². The van der Waals surface area contributed by atoms with Crippen LogP contribution in [0.25, 0.3) is 93.5 Å². The molecule has 82 heavy (non-hydrogen) atoms. The summed E-state index contributed by atoms with van der Waals surface area (Å²) in [4.78, 5) is 8.78. The summed E-state index contributed by atoms with van der Waals surface area (Å²) < 4.78 is 113. The molecule has 0 unspecified atom stereocenters. The number of hydrogen-bond donors (Lipinski definition) is 0. The third-order valence-corrected chi connectivity index (χ3v) is 16.0. The molecule has 0 spiro atoms. The van der Waals surface area contributed by atoms with Crippen molar-refractivity contribution in [2.24, 2.45) is 14.0 Å². The van der Waals surface area contributed by atoms with E-state index in [-0.39, 0.29) is 76.7 Å². The van der Waals surface area contributed by atoms with Crippen LogP contribution in [0.2, 0.25) is 0 Å². The smallest absolute Gasteiger partial charge is 0.135 e. The van der Waals surface area contributed by atoms with Gasteiger partial charge in [-0.05, 0) is 104 Å². The second kappa shape index (κ2) is 19.4. The van der Waals surface area contributed by atoms with Crippen LogP contribution in [0.3, 0.4) is 0 Å². The molecule has 0 saturated heterocycles. The van der Waals surface area contributed by atoms with Crippen molar-refractivity contribution in [3.63, 3.8) is 0 Å². The van der Waals surface area contributed by atoms with Gasteiger partial charge >= 0.3 is 0 Å². The molecule has 0 amide bonds. The van der Waals surface area contributed by atoms with E-state index < -0.39 is 44.2 Å². The maximum absolute atomic E-state index is 9.35. The van der Waals surface area contributed by atoms with Gasteiger partial charge in [-0.25, -0.2) is 4.98 Å². The van der Waals surface area contributed by atoms with Gasteiger partial charge in [0, 0.05) is 116 Å². The zero-order chi connectivity index (χ0) is 65.2. The SMILES string of the molecule is [2H]c1c([2H])c([2H])c(-c2cc(Oc3[c-]c4c(cc3)c3ccccc3n4-c3cc(C(C)(C)C)c(-c4ccccc4)cn3)[c-]c(N3[CH-]N(c4c5c(cc6c7cc(C(C)(C)C)ccc7n(C([2H])([2H])[2H])c46)c4cc(C(C)(C)C)ccc4n5C([2H])([2H])[2H])c4ccccc43)c2)c([2H])c1[2H].[Pt]. The number of ether oxygens (including phenoxy) is 1. The van der Waals surface area contributed by atoms with E-state index in [1.165, 1.54) is 9.13 Å². The van der Waals surface area contributed by atoms with E-state index >= 15 is 0 Å². The summed E-state index contributed by atoms with van der Waals surface area (Å²) in [6.45, 7) is 15.4. The molecule has 9 aromatic carbocycles. The fraction of sp³-hybridized carbons (Fsp3) is 0.189. The minimum absolute atomic E-state index is 0. The zero-order valence-corrected chi connectivity index (χ0v) is 49.3. The van der Waals surface area contributed by atoms with Crippen LogP contribution in [-0.4, -0.2) is 18.7 Å². The van der Waals surface area contributed by atoms with Gasteiger partial charge in [-0.2, -0.15) is 6.07 Å². The Hall–Kier alpha value is -8.38. The molecule has 410 valence electrons. The molecule has 4 aromatic heterocycles. The first-order chi connectivity index (χ1) is 43.4. The van der Waals surface area contributed by atoms with Crippen LogP contribution >= 0.6 is 0 Å². The van der Waals surface area contributed by atoms with Crippen molar-refractivity contribution in [2.75, 3.05) is 9.80 Å². The second-order valence-corrected chi connectivity index (χ2v) is 24.4. The molecule has 0 saturated carbocycles. The first kappa shape index (κ1) is 41.6. The number of anilines is 4. The molecule has 8 heteroatoms. The van der Waals surface area contributed by atoms with Gasteiger partial charge in [-0.1, -0.05) is 171 Å². The van der Waals surface area contributed by atoms with Gasteiger partial charge in [-0.15, -0.1) is 53.6 Å². The van der Waals surface area contributed by atoms with Crippen LogP contribution in [0.4, 0.5) is 22.7 Å². The molecular formula is C74H65N6OPt-3. The van der Waals surface area contributed by atoms with Crippen molar-refractivity contribution in [1.29, 1.82) is 0 Å². The van der Waals surface area contributed by atoms with E-state index in [4.69, 9.17) is 13.8 Å². The normalized spacial score (nSPS) is 15.4. The zero-order valence-electron chi connectivity index (χ0n) is 58.0. The molecule has 0 radical (unpaired) electrons. The monoisotopic (exact) mass is 1260 g/mol. The van der Waals surface area contributed by atoms with Crippen LogP contribution < -0.4 is 14.5 Å². The Bertz CT molecular complexity index is 5080. The maximum Gasteiger partial charge on any atom is 0.135 e. The molecule has 0 N–H and O–H groups in total. The topological polar surface area (TPSA) is 43.4 Å². The Morgan fingerprint density at radius 3 is 1.77 bits per heavy atom. The van der Waals surface area contributed by atoms with Gasteiger partial charge in [-0.3, -0.25) is 0 Å². The Morgan fingerprint density at radius 2 is 1.13 bits per heavy atom. The van der Waals surface area contributed by atoms with E-state index in [1.807, 2.05) is 131 Å². The molecule has 7 nitrogen and oxygen atoms in total. The standard InChI is InChI=1S/C74H65N6O.Pt/c1-72(2,3)49-30-34-62-56(38-49)58-42-59-57-39-50(73(4,5)6)31-35-63(57)77(11)70(59)71(69(58)76(62)10)79-45-78(65-28-20-21-29-66(65)79)51-36-48(46-22-14-12-15-23-46)37-53(40-51)81-52-32-33-55-54-26-18-19-27-64(54)80(67(55)41-52)68-43-61(74(7,8)9)60(44-75-68)47-24-16-13-17-25-47;/h12-39,42-45H,1-11H3;/q-3;/i10D3,11D3,12D,14D,15D,22D,23D;.